The summed E-state index contributed by atoms with van der Waals surface area (Å²) in [7, 11) is 0. The molecule has 0 aliphatic heterocycles. The molecule has 1 aromatic rings. The Kier molecular flexibility index (Phi) is 5.78. The Balaban J connectivity index is 1.75. The molecule has 0 aromatic carbocycles. The van der Waals surface area contributed by atoms with E-state index >= 15 is 0 Å². The fraction of sp³-hybridized carbons (Fsp3) is 0.667. The highest BCUT2D eigenvalue weighted by Gasteiger charge is 2.20. The highest BCUT2D eigenvalue weighted by Crippen LogP contribution is 2.28. The molecule has 1 heterocycles. The lowest BCUT2D eigenvalue weighted by atomic mass is 10.0. The minimum Gasteiger partial charge on any atom is -0.363 e. The van der Waals surface area contributed by atoms with Crippen LogP contribution in [0.2, 0.25) is 0 Å². The lowest BCUT2D eigenvalue weighted by molar-refractivity contribution is -0.134. The molecule has 1 aliphatic rings. The molecule has 1 aromatic heterocycles. The molecular weight excluding hydrogens is 270 g/mol. The third-order valence-electron chi connectivity index (χ3n) is 4.02. The number of hydrogen-bond donors (Lipinski definition) is 1. The molecule has 1 saturated carbocycles. The third kappa shape index (κ3) is 4.88. The minimum atomic E-state index is -0.250. The van der Waals surface area contributed by atoms with Gasteiger partial charge in [0.25, 0.3) is 0 Å². The molecule has 2 rings (SSSR count). The van der Waals surface area contributed by atoms with Crippen molar-refractivity contribution in [3.8, 4) is 0 Å². The summed E-state index contributed by atoms with van der Waals surface area (Å²) in [6.45, 7) is 2.49. The Labute approximate surface area is 124 Å². The summed E-state index contributed by atoms with van der Waals surface area (Å²) in [5.41, 5.74) is 0. The SMILES string of the molecule is CCN(CC(=O)Nc1ccon1)C(=O)CCC1CCCC1. The average Bonchev–Trinajstić information content (AvgIpc) is 3.15. The van der Waals surface area contributed by atoms with Gasteiger partial charge < -0.3 is 14.7 Å². The molecule has 1 fully saturated rings. The predicted octanol–water partition coefficient (Wildman–Crippen LogP) is 2.43. The highest BCUT2D eigenvalue weighted by molar-refractivity contribution is 5.93. The Bertz CT molecular complexity index is 453. The van der Waals surface area contributed by atoms with Gasteiger partial charge in [-0.3, -0.25) is 9.59 Å². The van der Waals surface area contributed by atoms with Crippen molar-refractivity contribution < 1.29 is 14.1 Å². The molecule has 6 nitrogen and oxygen atoms in total. The Morgan fingerprint density at radius 3 is 2.81 bits per heavy atom. The topological polar surface area (TPSA) is 75.4 Å². The molecule has 0 bridgehead atoms. The van der Waals surface area contributed by atoms with Gasteiger partial charge in [0.05, 0.1) is 6.54 Å². The minimum absolute atomic E-state index is 0.0553. The van der Waals surface area contributed by atoms with Crippen molar-refractivity contribution in [1.29, 1.82) is 0 Å². The summed E-state index contributed by atoms with van der Waals surface area (Å²) in [5, 5.41) is 6.21. The molecule has 1 N–H and O–H groups in total. The first-order valence-corrected chi connectivity index (χ1v) is 7.67. The third-order valence-corrected chi connectivity index (χ3v) is 4.02. The summed E-state index contributed by atoms with van der Waals surface area (Å²) < 4.78 is 4.64. The van der Waals surface area contributed by atoms with E-state index in [4.69, 9.17) is 0 Å². The number of carbonyl (C=O) groups excluding carboxylic acids is 2. The fourth-order valence-corrected chi connectivity index (χ4v) is 2.79. The number of rotatable bonds is 7. The standard InChI is InChI=1S/C15H23N3O3/c1-2-18(11-14(19)16-13-9-10-21-17-13)15(20)8-7-12-5-3-4-6-12/h9-10,12H,2-8,11H2,1H3,(H,16,17,19). The number of likely N-dealkylation sites (N-methyl/N-ethyl adjacent to an activating group) is 1. The monoisotopic (exact) mass is 293 g/mol. The molecule has 0 radical (unpaired) electrons. The van der Waals surface area contributed by atoms with Crippen LogP contribution in [-0.2, 0) is 9.59 Å². The van der Waals surface area contributed by atoms with Crippen molar-refractivity contribution in [1.82, 2.24) is 10.1 Å². The zero-order valence-corrected chi connectivity index (χ0v) is 12.5. The Morgan fingerprint density at radius 1 is 1.43 bits per heavy atom. The Hall–Kier alpha value is -1.85. The van der Waals surface area contributed by atoms with Crippen LogP contribution in [0.4, 0.5) is 5.82 Å². The molecule has 6 heteroatoms. The zero-order valence-electron chi connectivity index (χ0n) is 12.5. The van der Waals surface area contributed by atoms with Gasteiger partial charge in [-0.1, -0.05) is 30.8 Å². The van der Waals surface area contributed by atoms with Crippen molar-refractivity contribution in [3.05, 3.63) is 12.3 Å². The van der Waals surface area contributed by atoms with Crippen LogP contribution in [0.15, 0.2) is 16.9 Å². The van der Waals surface area contributed by atoms with E-state index in [1.165, 1.54) is 31.9 Å². The van der Waals surface area contributed by atoms with Crippen LogP contribution in [0, 0.1) is 5.92 Å². The summed E-state index contributed by atoms with van der Waals surface area (Å²) in [4.78, 5) is 25.6. The molecule has 0 spiro atoms. The van der Waals surface area contributed by atoms with Gasteiger partial charge in [-0.2, -0.15) is 0 Å². The second-order valence-electron chi connectivity index (χ2n) is 5.53. The van der Waals surface area contributed by atoms with E-state index in [0.717, 1.165) is 6.42 Å². The second kappa shape index (κ2) is 7.81. The maximum Gasteiger partial charge on any atom is 0.245 e. The summed E-state index contributed by atoms with van der Waals surface area (Å²) in [6.07, 6.45) is 7.93. The lowest BCUT2D eigenvalue weighted by Crippen LogP contribution is -2.38. The van der Waals surface area contributed by atoms with Crippen molar-refractivity contribution in [2.24, 2.45) is 5.92 Å². The lowest BCUT2D eigenvalue weighted by Gasteiger charge is -2.20. The zero-order chi connectivity index (χ0) is 15.1. The molecule has 21 heavy (non-hydrogen) atoms. The van der Waals surface area contributed by atoms with Gasteiger partial charge in [0.1, 0.15) is 6.26 Å². The van der Waals surface area contributed by atoms with Crippen molar-refractivity contribution >= 4 is 17.6 Å². The molecule has 1 aliphatic carbocycles. The molecule has 116 valence electrons. The number of hydrogen-bond acceptors (Lipinski definition) is 4. The maximum atomic E-state index is 12.2. The summed E-state index contributed by atoms with van der Waals surface area (Å²) in [5.74, 6) is 0.866. The van der Waals surface area contributed by atoms with Gasteiger partial charge in [0.15, 0.2) is 5.82 Å². The molecule has 0 saturated heterocycles. The van der Waals surface area contributed by atoms with Gasteiger partial charge in [0, 0.05) is 19.0 Å². The maximum absolute atomic E-state index is 12.2. The highest BCUT2D eigenvalue weighted by atomic mass is 16.5. The quantitative estimate of drug-likeness (QED) is 0.837. The number of aromatic nitrogens is 1. The molecule has 0 atom stereocenters. The smallest absolute Gasteiger partial charge is 0.245 e. The first kappa shape index (κ1) is 15.5. The second-order valence-corrected chi connectivity index (χ2v) is 5.53. The number of nitrogens with zero attached hydrogens (tertiary/aromatic N) is 2. The largest absolute Gasteiger partial charge is 0.363 e. The van der Waals surface area contributed by atoms with Crippen LogP contribution in [0.3, 0.4) is 0 Å². The Morgan fingerprint density at radius 2 is 2.19 bits per heavy atom. The van der Waals surface area contributed by atoms with Gasteiger partial charge in [-0.25, -0.2) is 0 Å². The van der Waals surface area contributed by atoms with Crippen LogP contribution in [0.5, 0.6) is 0 Å². The van der Waals surface area contributed by atoms with Gasteiger partial charge in [0.2, 0.25) is 11.8 Å². The van der Waals surface area contributed by atoms with E-state index in [1.54, 1.807) is 11.0 Å². The normalized spacial score (nSPS) is 15.1. The van der Waals surface area contributed by atoms with E-state index in [1.807, 2.05) is 6.92 Å². The van der Waals surface area contributed by atoms with Crippen LogP contribution >= 0.6 is 0 Å². The average molecular weight is 293 g/mol. The first-order valence-electron chi connectivity index (χ1n) is 7.67. The van der Waals surface area contributed by atoms with E-state index < -0.39 is 0 Å². The number of anilines is 1. The predicted molar refractivity (Wildman–Crippen MR) is 78.6 cm³/mol. The van der Waals surface area contributed by atoms with E-state index in [2.05, 4.69) is 15.0 Å². The van der Waals surface area contributed by atoms with E-state index in [0.29, 0.717) is 24.7 Å². The van der Waals surface area contributed by atoms with Crippen LogP contribution in [0.1, 0.15) is 45.4 Å². The molecular formula is C15H23N3O3. The van der Waals surface area contributed by atoms with Gasteiger partial charge in [-0.15, -0.1) is 0 Å². The van der Waals surface area contributed by atoms with Crippen LogP contribution in [-0.4, -0.2) is 35.0 Å². The van der Waals surface area contributed by atoms with Gasteiger partial charge >= 0.3 is 0 Å². The van der Waals surface area contributed by atoms with Gasteiger partial charge in [-0.05, 0) is 19.3 Å². The van der Waals surface area contributed by atoms with Crippen LogP contribution < -0.4 is 5.32 Å². The summed E-state index contributed by atoms with van der Waals surface area (Å²) >= 11 is 0. The number of amides is 2. The molecule has 0 unspecified atom stereocenters. The van der Waals surface area contributed by atoms with E-state index in [9.17, 15) is 9.59 Å². The fourth-order valence-electron chi connectivity index (χ4n) is 2.79. The van der Waals surface area contributed by atoms with Crippen molar-refractivity contribution in [2.45, 2.75) is 45.4 Å². The van der Waals surface area contributed by atoms with Crippen LogP contribution in [0.25, 0.3) is 0 Å². The first-order chi connectivity index (χ1) is 10.2. The van der Waals surface area contributed by atoms with Crippen molar-refractivity contribution in [3.63, 3.8) is 0 Å². The summed E-state index contributed by atoms with van der Waals surface area (Å²) in [6, 6.07) is 1.57. The number of carbonyl (C=O) groups is 2. The number of nitrogens with one attached hydrogen (secondary N) is 1. The van der Waals surface area contributed by atoms with Crippen molar-refractivity contribution in [2.75, 3.05) is 18.4 Å². The van der Waals surface area contributed by atoms with E-state index in [-0.39, 0.29) is 18.4 Å². The molecule has 2 amide bonds.